The van der Waals surface area contributed by atoms with Gasteiger partial charge in [-0.2, -0.15) is 0 Å². The molecule has 0 spiro atoms. The first-order valence-corrected chi connectivity index (χ1v) is 5.53. The lowest BCUT2D eigenvalue weighted by molar-refractivity contribution is 0.230. The second-order valence-corrected chi connectivity index (χ2v) is 3.97. The number of aliphatic hydroxyl groups is 1. The summed E-state index contributed by atoms with van der Waals surface area (Å²) >= 11 is 0. The highest BCUT2D eigenvalue weighted by atomic mass is 16.5. The molecular weight excluding hydrogens is 204 g/mol. The summed E-state index contributed by atoms with van der Waals surface area (Å²) in [5.41, 5.74) is 1.08. The first kappa shape index (κ1) is 12.8. The fraction of sp³-hybridized carbons (Fsp3) is 0.538. The molecule has 3 nitrogen and oxygen atoms in total. The standard InChI is InChI=1S/C13H20O3/c1-10(9-14)7-8-11-12(15-2)5-4-6-13(11)16-3/h4-6,10,14H,7-9H2,1-3H3. The van der Waals surface area contributed by atoms with Gasteiger partial charge in [-0.15, -0.1) is 0 Å². The van der Waals surface area contributed by atoms with Gasteiger partial charge in [0, 0.05) is 12.2 Å². The van der Waals surface area contributed by atoms with E-state index in [2.05, 4.69) is 0 Å². The van der Waals surface area contributed by atoms with Gasteiger partial charge in [0.25, 0.3) is 0 Å². The van der Waals surface area contributed by atoms with Gasteiger partial charge in [0.05, 0.1) is 14.2 Å². The molecule has 1 unspecified atom stereocenters. The van der Waals surface area contributed by atoms with Crippen molar-refractivity contribution in [3.63, 3.8) is 0 Å². The van der Waals surface area contributed by atoms with E-state index in [0.29, 0.717) is 5.92 Å². The maximum absolute atomic E-state index is 9.00. The Hall–Kier alpha value is -1.22. The summed E-state index contributed by atoms with van der Waals surface area (Å²) in [6.45, 7) is 2.25. The van der Waals surface area contributed by atoms with E-state index in [9.17, 15) is 0 Å². The fourth-order valence-electron chi connectivity index (χ4n) is 1.66. The molecule has 0 bridgehead atoms. The summed E-state index contributed by atoms with van der Waals surface area (Å²) in [6.07, 6.45) is 1.78. The number of benzene rings is 1. The molecule has 0 saturated carbocycles. The van der Waals surface area contributed by atoms with Crippen LogP contribution in [0.4, 0.5) is 0 Å². The van der Waals surface area contributed by atoms with Gasteiger partial charge in [0.2, 0.25) is 0 Å². The third kappa shape index (κ3) is 3.14. The molecule has 0 aliphatic rings. The van der Waals surface area contributed by atoms with Crippen molar-refractivity contribution in [1.82, 2.24) is 0 Å². The normalized spacial score (nSPS) is 12.2. The minimum absolute atomic E-state index is 0.220. The van der Waals surface area contributed by atoms with Crippen LogP contribution < -0.4 is 9.47 Å². The van der Waals surface area contributed by atoms with Crippen LogP contribution in [0.2, 0.25) is 0 Å². The molecule has 3 heteroatoms. The van der Waals surface area contributed by atoms with Crippen molar-refractivity contribution in [2.75, 3.05) is 20.8 Å². The first-order chi connectivity index (χ1) is 7.72. The first-order valence-electron chi connectivity index (χ1n) is 5.53. The lowest BCUT2D eigenvalue weighted by Crippen LogP contribution is -2.04. The Labute approximate surface area is 97.0 Å². The summed E-state index contributed by atoms with van der Waals surface area (Å²) in [6, 6.07) is 5.78. The zero-order valence-electron chi connectivity index (χ0n) is 10.2. The van der Waals surface area contributed by atoms with Gasteiger partial charge < -0.3 is 14.6 Å². The molecule has 0 radical (unpaired) electrons. The van der Waals surface area contributed by atoms with Crippen LogP contribution >= 0.6 is 0 Å². The summed E-state index contributed by atoms with van der Waals surface area (Å²) in [4.78, 5) is 0. The zero-order valence-corrected chi connectivity index (χ0v) is 10.2. The quantitative estimate of drug-likeness (QED) is 0.805. The molecule has 0 heterocycles. The SMILES string of the molecule is COc1cccc(OC)c1CCC(C)CO. The Balaban J connectivity index is 2.82. The number of methoxy groups -OCH3 is 2. The van der Waals surface area contributed by atoms with Crippen molar-refractivity contribution >= 4 is 0 Å². The molecule has 90 valence electrons. The Morgan fingerprint density at radius 3 is 2.19 bits per heavy atom. The molecule has 0 fully saturated rings. The minimum Gasteiger partial charge on any atom is -0.496 e. The molecular formula is C13H20O3. The van der Waals surface area contributed by atoms with Gasteiger partial charge in [-0.1, -0.05) is 13.0 Å². The number of hydrogen-bond donors (Lipinski definition) is 1. The van der Waals surface area contributed by atoms with E-state index in [-0.39, 0.29) is 6.61 Å². The Kier molecular flexibility index (Phi) is 5.12. The van der Waals surface area contributed by atoms with Gasteiger partial charge in [-0.05, 0) is 30.9 Å². The van der Waals surface area contributed by atoms with Crippen molar-refractivity contribution in [3.8, 4) is 11.5 Å². The lowest BCUT2D eigenvalue weighted by Gasteiger charge is -2.14. The lowest BCUT2D eigenvalue weighted by atomic mass is 10.0. The van der Waals surface area contributed by atoms with Gasteiger partial charge in [-0.25, -0.2) is 0 Å². The van der Waals surface area contributed by atoms with E-state index < -0.39 is 0 Å². The third-order valence-corrected chi connectivity index (χ3v) is 2.73. The van der Waals surface area contributed by atoms with E-state index in [1.165, 1.54) is 0 Å². The molecule has 16 heavy (non-hydrogen) atoms. The van der Waals surface area contributed by atoms with E-state index in [4.69, 9.17) is 14.6 Å². The monoisotopic (exact) mass is 224 g/mol. The molecule has 0 aliphatic carbocycles. The maximum Gasteiger partial charge on any atom is 0.125 e. The summed E-state index contributed by atoms with van der Waals surface area (Å²) in [5, 5.41) is 9.00. The third-order valence-electron chi connectivity index (χ3n) is 2.73. The van der Waals surface area contributed by atoms with E-state index in [1.807, 2.05) is 25.1 Å². The number of rotatable bonds is 6. The Bertz CT molecular complexity index is 301. The average molecular weight is 224 g/mol. The highest BCUT2D eigenvalue weighted by molar-refractivity contribution is 5.44. The Morgan fingerprint density at radius 2 is 1.75 bits per heavy atom. The molecule has 0 aromatic heterocycles. The van der Waals surface area contributed by atoms with Crippen LogP contribution in [0, 0.1) is 5.92 Å². The second kappa shape index (κ2) is 6.38. The predicted octanol–water partition coefficient (Wildman–Crippen LogP) is 2.26. The van der Waals surface area contributed by atoms with Crippen molar-refractivity contribution in [2.24, 2.45) is 5.92 Å². The van der Waals surface area contributed by atoms with Crippen LogP contribution in [-0.4, -0.2) is 25.9 Å². The van der Waals surface area contributed by atoms with Crippen LogP contribution in [0.5, 0.6) is 11.5 Å². The van der Waals surface area contributed by atoms with E-state index >= 15 is 0 Å². The van der Waals surface area contributed by atoms with Crippen molar-refractivity contribution in [1.29, 1.82) is 0 Å². The summed E-state index contributed by atoms with van der Waals surface area (Å²) in [5.74, 6) is 2.00. The van der Waals surface area contributed by atoms with Gasteiger partial charge in [0.1, 0.15) is 11.5 Å². The minimum atomic E-state index is 0.220. The zero-order chi connectivity index (χ0) is 12.0. The fourth-order valence-corrected chi connectivity index (χ4v) is 1.66. The van der Waals surface area contributed by atoms with Crippen LogP contribution in [0.25, 0.3) is 0 Å². The van der Waals surface area contributed by atoms with Gasteiger partial charge >= 0.3 is 0 Å². The number of hydrogen-bond acceptors (Lipinski definition) is 3. The molecule has 1 atom stereocenters. The topological polar surface area (TPSA) is 38.7 Å². The molecule has 1 N–H and O–H groups in total. The van der Waals surface area contributed by atoms with Crippen LogP contribution in [0.15, 0.2) is 18.2 Å². The Morgan fingerprint density at radius 1 is 1.19 bits per heavy atom. The van der Waals surface area contributed by atoms with Crippen molar-refractivity contribution < 1.29 is 14.6 Å². The molecule has 0 saturated heterocycles. The molecule has 0 aliphatic heterocycles. The predicted molar refractivity (Wildman–Crippen MR) is 64.1 cm³/mol. The summed E-state index contributed by atoms with van der Waals surface area (Å²) < 4.78 is 10.6. The van der Waals surface area contributed by atoms with E-state index in [0.717, 1.165) is 29.9 Å². The van der Waals surface area contributed by atoms with Crippen LogP contribution in [-0.2, 0) is 6.42 Å². The van der Waals surface area contributed by atoms with E-state index in [1.54, 1.807) is 14.2 Å². The van der Waals surface area contributed by atoms with Crippen molar-refractivity contribution in [2.45, 2.75) is 19.8 Å². The average Bonchev–Trinajstić information content (AvgIpc) is 2.35. The maximum atomic E-state index is 9.00. The molecule has 1 rings (SSSR count). The van der Waals surface area contributed by atoms with Crippen LogP contribution in [0.1, 0.15) is 18.9 Å². The van der Waals surface area contributed by atoms with Gasteiger partial charge in [-0.3, -0.25) is 0 Å². The molecule has 1 aromatic rings. The molecule has 0 amide bonds. The second-order valence-electron chi connectivity index (χ2n) is 3.97. The van der Waals surface area contributed by atoms with Crippen LogP contribution in [0.3, 0.4) is 0 Å². The number of ether oxygens (including phenoxy) is 2. The highest BCUT2D eigenvalue weighted by Gasteiger charge is 2.11. The highest BCUT2D eigenvalue weighted by Crippen LogP contribution is 2.30. The molecule has 1 aromatic carbocycles. The summed E-state index contributed by atoms with van der Waals surface area (Å²) in [7, 11) is 3.32. The van der Waals surface area contributed by atoms with Gasteiger partial charge in [0.15, 0.2) is 0 Å². The van der Waals surface area contributed by atoms with Crippen molar-refractivity contribution in [3.05, 3.63) is 23.8 Å². The smallest absolute Gasteiger partial charge is 0.125 e. The largest absolute Gasteiger partial charge is 0.496 e. The number of aliphatic hydroxyl groups excluding tert-OH is 1.